The van der Waals surface area contributed by atoms with E-state index < -0.39 is 49.5 Å². The van der Waals surface area contributed by atoms with Crippen molar-refractivity contribution in [3.8, 4) is 0 Å². The Morgan fingerprint density at radius 3 is 1.01 bits per heavy atom. The van der Waals surface area contributed by atoms with E-state index in [2.05, 4.69) is 19.2 Å². The summed E-state index contributed by atoms with van der Waals surface area (Å²) in [6, 6.07) is -0.712. The molecule has 1 aliphatic rings. The van der Waals surface area contributed by atoms with Gasteiger partial charge in [-0.05, 0) is 12.8 Å². The van der Waals surface area contributed by atoms with Crippen molar-refractivity contribution in [2.45, 2.75) is 371 Å². The van der Waals surface area contributed by atoms with Crippen molar-refractivity contribution < 1.29 is 39.8 Å². The highest BCUT2D eigenvalue weighted by molar-refractivity contribution is 5.76. The molecule has 0 aromatic heterocycles. The van der Waals surface area contributed by atoms with Gasteiger partial charge in [0.25, 0.3) is 0 Å². The summed E-state index contributed by atoms with van der Waals surface area (Å²) in [6.45, 7) is 3.86. The molecule has 70 heavy (non-hydrogen) atoms. The third-order valence-corrected chi connectivity index (χ3v) is 15.5. The molecule has 0 aliphatic carbocycles. The molecule has 1 saturated heterocycles. The van der Waals surface area contributed by atoms with Crippen molar-refractivity contribution in [2.24, 2.45) is 0 Å². The predicted octanol–water partition coefficient (Wildman–Crippen LogP) is 15.8. The van der Waals surface area contributed by atoms with Crippen LogP contribution in [0.15, 0.2) is 0 Å². The molecule has 0 bridgehead atoms. The van der Waals surface area contributed by atoms with Crippen molar-refractivity contribution in [3.05, 3.63) is 0 Å². The fraction of sp³-hybridized carbons (Fsp3) is 0.984. The van der Waals surface area contributed by atoms with E-state index in [9.17, 15) is 30.3 Å². The number of unbranched alkanes of at least 4 members (excludes halogenated alkanes) is 45. The van der Waals surface area contributed by atoms with Crippen molar-refractivity contribution >= 4 is 5.91 Å². The van der Waals surface area contributed by atoms with Crippen LogP contribution in [0.1, 0.15) is 328 Å². The first-order valence-electron chi connectivity index (χ1n) is 31.2. The van der Waals surface area contributed by atoms with E-state index in [0.29, 0.717) is 12.8 Å². The lowest BCUT2D eigenvalue weighted by atomic mass is 9.99. The van der Waals surface area contributed by atoms with Gasteiger partial charge in [0.15, 0.2) is 6.29 Å². The number of rotatable bonds is 55. The molecule has 1 rings (SSSR count). The molecular formula is C61H121NO8. The first kappa shape index (κ1) is 67.2. The normalized spacial score (nSPS) is 19.2. The maximum absolute atomic E-state index is 13.0. The molecule has 7 atom stereocenters. The Morgan fingerprint density at radius 2 is 0.714 bits per heavy atom. The number of aliphatic hydroxyl groups is 5. The molecular weight excluding hydrogens is 875 g/mol. The number of ether oxygens (including phenoxy) is 2. The molecule has 0 aromatic rings. The number of nitrogens with one attached hydrogen (secondary N) is 1. The Labute approximate surface area is 434 Å². The second-order valence-corrected chi connectivity index (χ2v) is 22.2. The SMILES string of the molecule is CCCCCCCCCCCCCCCCCCCCCCCCCCCCCCCCCCCCCCC(=O)NC(COC1OC(CO)C(O)C(O)C1O)C(O)CCCCCCCCCCCCC. The van der Waals surface area contributed by atoms with E-state index >= 15 is 0 Å². The minimum absolute atomic E-state index is 0.132. The van der Waals surface area contributed by atoms with Crippen LogP contribution < -0.4 is 5.32 Å². The lowest BCUT2D eigenvalue weighted by Gasteiger charge is -2.40. The van der Waals surface area contributed by atoms with Crippen LogP contribution in [0.25, 0.3) is 0 Å². The van der Waals surface area contributed by atoms with Crippen LogP contribution in [0.3, 0.4) is 0 Å². The van der Waals surface area contributed by atoms with Crippen LogP contribution in [0, 0.1) is 0 Å². The van der Waals surface area contributed by atoms with Gasteiger partial charge in [-0.3, -0.25) is 4.79 Å². The highest BCUT2D eigenvalue weighted by Crippen LogP contribution is 2.24. The van der Waals surface area contributed by atoms with Gasteiger partial charge >= 0.3 is 0 Å². The molecule has 1 aliphatic heterocycles. The van der Waals surface area contributed by atoms with Crippen LogP contribution in [0.2, 0.25) is 0 Å². The van der Waals surface area contributed by atoms with Crippen molar-refractivity contribution in [1.29, 1.82) is 0 Å². The summed E-state index contributed by atoms with van der Waals surface area (Å²) in [6.07, 6.45) is 56.1. The minimum Gasteiger partial charge on any atom is -0.394 e. The van der Waals surface area contributed by atoms with Crippen LogP contribution in [-0.4, -0.2) is 87.5 Å². The Hall–Kier alpha value is -0.810. The van der Waals surface area contributed by atoms with Gasteiger partial charge in [-0.1, -0.05) is 309 Å². The van der Waals surface area contributed by atoms with Crippen molar-refractivity contribution in [3.63, 3.8) is 0 Å². The first-order valence-corrected chi connectivity index (χ1v) is 31.2. The topological polar surface area (TPSA) is 149 Å². The average Bonchev–Trinajstić information content (AvgIpc) is 3.36. The minimum atomic E-state index is -1.55. The van der Waals surface area contributed by atoms with E-state index in [1.54, 1.807) is 0 Å². The van der Waals surface area contributed by atoms with E-state index in [4.69, 9.17) is 9.47 Å². The van der Waals surface area contributed by atoms with Crippen molar-refractivity contribution in [2.75, 3.05) is 13.2 Å². The summed E-state index contributed by atoms with van der Waals surface area (Å²) in [5.74, 6) is -0.137. The first-order chi connectivity index (χ1) is 34.3. The van der Waals surface area contributed by atoms with Gasteiger partial charge in [0, 0.05) is 6.42 Å². The van der Waals surface area contributed by atoms with E-state index in [1.807, 2.05) is 0 Å². The van der Waals surface area contributed by atoms with Gasteiger partial charge in [-0.15, -0.1) is 0 Å². The molecule has 1 fully saturated rings. The maximum Gasteiger partial charge on any atom is 0.220 e. The Balaban J connectivity index is 2.00. The van der Waals surface area contributed by atoms with Crippen LogP contribution in [-0.2, 0) is 14.3 Å². The zero-order chi connectivity index (χ0) is 50.8. The molecule has 1 heterocycles. The highest BCUT2D eigenvalue weighted by atomic mass is 16.7. The maximum atomic E-state index is 13.0. The molecule has 0 spiro atoms. The van der Waals surface area contributed by atoms with Gasteiger partial charge in [-0.25, -0.2) is 0 Å². The Kier molecular flexibility index (Phi) is 49.6. The van der Waals surface area contributed by atoms with E-state index in [-0.39, 0.29) is 12.5 Å². The number of hydrogen-bond donors (Lipinski definition) is 6. The van der Waals surface area contributed by atoms with E-state index in [1.165, 1.54) is 263 Å². The summed E-state index contributed by atoms with van der Waals surface area (Å²) in [4.78, 5) is 13.0. The van der Waals surface area contributed by atoms with Crippen LogP contribution in [0.5, 0.6) is 0 Å². The number of aliphatic hydroxyl groups excluding tert-OH is 5. The molecule has 418 valence electrons. The third kappa shape index (κ3) is 40.6. The smallest absolute Gasteiger partial charge is 0.220 e. The number of amides is 1. The molecule has 0 radical (unpaired) electrons. The summed E-state index contributed by atoms with van der Waals surface area (Å²) in [7, 11) is 0. The van der Waals surface area contributed by atoms with Crippen LogP contribution >= 0.6 is 0 Å². The monoisotopic (exact) mass is 996 g/mol. The second kappa shape index (κ2) is 51.7. The lowest BCUT2D eigenvalue weighted by molar-refractivity contribution is -0.302. The van der Waals surface area contributed by atoms with E-state index in [0.717, 1.165) is 38.5 Å². The Bertz CT molecular complexity index is 1060. The molecule has 7 unspecified atom stereocenters. The fourth-order valence-electron chi connectivity index (χ4n) is 10.5. The van der Waals surface area contributed by atoms with Gasteiger partial charge in [0.1, 0.15) is 24.4 Å². The Morgan fingerprint density at radius 1 is 0.429 bits per heavy atom. The van der Waals surface area contributed by atoms with Gasteiger partial charge in [0.2, 0.25) is 5.91 Å². The molecule has 9 nitrogen and oxygen atoms in total. The van der Waals surface area contributed by atoms with Gasteiger partial charge < -0.3 is 40.3 Å². The molecule has 1 amide bonds. The largest absolute Gasteiger partial charge is 0.394 e. The quantitative estimate of drug-likeness (QED) is 0.0330. The number of carbonyl (C=O) groups is 1. The number of hydrogen-bond acceptors (Lipinski definition) is 8. The molecule has 9 heteroatoms. The standard InChI is InChI=1S/C61H121NO8/c1-3-5-7-9-11-13-15-16-17-18-19-20-21-22-23-24-25-26-27-28-29-30-31-32-33-34-35-36-37-38-39-41-43-45-47-49-51-57(65)62-54(53-69-61-60(68)59(67)58(66)56(52-63)70-61)55(64)50-48-46-44-42-40-14-12-10-8-6-4-2/h54-56,58-61,63-64,66-68H,3-53H2,1-2H3,(H,62,65). The second-order valence-electron chi connectivity index (χ2n) is 22.2. The number of carbonyl (C=O) groups excluding carboxylic acids is 1. The van der Waals surface area contributed by atoms with Crippen molar-refractivity contribution in [1.82, 2.24) is 5.32 Å². The molecule has 6 N–H and O–H groups in total. The summed E-state index contributed by atoms with van der Waals surface area (Å²) in [5.41, 5.74) is 0. The zero-order valence-corrected chi connectivity index (χ0v) is 46.6. The molecule has 0 saturated carbocycles. The van der Waals surface area contributed by atoms with Gasteiger partial charge in [-0.2, -0.15) is 0 Å². The fourth-order valence-corrected chi connectivity index (χ4v) is 10.5. The molecule has 0 aromatic carbocycles. The summed E-state index contributed by atoms with van der Waals surface area (Å²) < 4.78 is 11.3. The highest BCUT2D eigenvalue weighted by Gasteiger charge is 2.44. The summed E-state index contributed by atoms with van der Waals surface area (Å²) in [5, 5.41) is 54.5. The van der Waals surface area contributed by atoms with Gasteiger partial charge in [0.05, 0.1) is 25.4 Å². The van der Waals surface area contributed by atoms with Crippen LogP contribution in [0.4, 0.5) is 0 Å². The predicted molar refractivity (Wildman–Crippen MR) is 295 cm³/mol. The zero-order valence-electron chi connectivity index (χ0n) is 46.6. The summed E-state index contributed by atoms with van der Waals surface area (Å²) >= 11 is 0. The lowest BCUT2D eigenvalue weighted by Crippen LogP contribution is -2.60. The third-order valence-electron chi connectivity index (χ3n) is 15.5. The average molecular weight is 997 g/mol.